The second-order valence-corrected chi connectivity index (χ2v) is 5.20. The number of nitrogens with one attached hydrogen (secondary N) is 1. The number of halogens is 1. The van der Waals surface area contributed by atoms with Crippen LogP contribution in [0.5, 0.6) is 0 Å². The Morgan fingerprint density at radius 2 is 1.67 bits per heavy atom. The molecule has 0 spiro atoms. The average molecular weight is 343 g/mol. The predicted molar refractivity (Wildman–Crippen MR) is 82.6 cm³/mol. The Morgan fingerprint density at radius 3 is 2.24 bits per heavy atom. The molecule has 21 heavy (non-hydrogen) atoms. The van der Waals surface area contributed by atoms with Gasteiger partial charge in [0.15, 0.2) is 11.7 Å². The Morgan fingerprint density at radius 1 is 1.05 bits per heavy atom. The van der Waals surface area contributed by atoms with E-state index in [-0.39, 0.29) is 0 Å². The molecular formula is C16H11BrN2O2. The molecule has 0 aromatic heterocycles. The smallest absolute Gasteiger partial charge is 0.249 e. The second-order valence-electron chi connectivity index (χ2n) is 4.29. The molecule has 2 rings (SSSR count). The minimum absolute atomic E-state index is 0.327. The molecule has 5 heteroatoms. The molecule has 0 saturated heterocycles. The van der Waals surface area contributed by atoms with E-state index in [0.29, 0.717) is 11.3 Å². The normalized spacial score (nSPS) is 11.2. The van der Waals surface area contributed by atoms with Crippen molar-refractivity contribution in [3.63, 3.8) is 0 Å². The molecule has 0 radical (unpaired) electrons. The first-order chi connectivity index (χ1) is 10.1. The Bertz CT molecular complexity index is 690. The highest BCUT2D eigenvalue weighted by Crippen LogP contribution is 2.15. The zero-order chi connectivity index (χ0) is 15.2. The maximum Gasteiger partial charge on any atom is 0.249 e. The number of rotatable bonds is 4. The first-order valence-corrected chi connectivity index (χ1v) is 6.96. The van der Waals surface area contributed by atoms with Crippen LogP contribution in [0.3, 0.4) is 0 Å². The minimum atomic E-state index is -1.37. The van der Waals surface area contributed by atoms with Crippen LogP contribution in [0.2, 0.25) is 0 Å². The molecular weight excluding hydrogens is 332 g/mol. The summed E-state index contributed by atoms with van der Waals surface area (Å²) in [5.74, 6) is -2.51. The van der Waals surface area contributed by atoms with Gasteiger partial charge in [0.25, 0.3) is 0 Å². The molecule has 0 bridgehead atoms. The molecule has 2 aromatic rings. The molecule has 1 N–H and O–H groups in total. The fraction of sp³-hybridized carbons (Fsp3) is 0.0625. The Balaban J connectivity index is 2.15. The molecule has 0 heterocycles. The van der Waals surface area contributed by atoms with E-state index in [0.717, 1.165) is 4.47 Å². The molecule has 0 saturated carbocycles. The molecule has 1 atom stereocenters. The van der Waals surface area contributed by atoms with Gasteiger partial charge in [0, 0.05) is 15.7 Å². The summed E-state index contributed by atoms with van der Waals surface area (Å²) < 4.78 is 0.821. The maximum atomic E-state index is 12.2. The first-order valence-electron chi connectivity index (χ1n) is 6.17. The summed E-state index contributed by atoms with van der Waals surface area (Å²) in [6.45, 7) is 0. The van der Waals surface area contributed by atoms with Gasteiger partial charge in [-0.05, 0) is 24.3 Å². The summed E-state index contributed by atoms with van der Waals surface area (Å²) in [5, 5.41) is 11.7. The number of Topliss-reactive ketones (excluding diaryl/α,β-unsaturated/α-hetero) is 1. The molecule has 2 aromatic carbocycles. The van der Waals surface area contributed by atoms with Crippen molar-refractivity contribution in [1.82, 2.24) is 0 Å². The number of carbonyl (C=O) groups excluding carboxylic acids is 2. The van der Waals surface area contributed by atoms with E-state index in [1.54, 1.807) is 54.6 Å². The van der Waals surface area contributed by atoms with Gasteiger partial charge >= 0.3 is 0 Å². The van der Waals surface area contributed by atoms with E-state index < -0.39 is 17.6 Å². The lowest BCUT2D eigenvalue weighted by Gasteiger charge is -2.09. The maximum absolute atomic E-state index is 12.2. The van der Waals surface area contributed by atoms with Crippen LogP contribution in [0.15, 0.2) is 59.1 Å². The van der Waals surface area contributed by atoms with Crippen LogP contribution in [-0.4, -0.2) is 11.7 Å². The van der Waals surface area contributed by atoms with E-state index in [1.807, 2.05) is 6.07 Å². The topological polar surface area (TPSA) is 70.0 Å². The number of benzene rings is 2. The number of carbonyl (C=O) groups is 2. The van der Waals surface area contributed by atoms with Crippen LogP contribution < -0.4 is 5.32 Å². The highest BCUT2D eigenvalue weighted by atomic mass is 79.9. The van der Waals surface area contributed by atoms with Gasteiger partial charge in [0.2, 0.25) is 5.91 Å². The molecule has 104 valence electrons. The number of ketones is 1. The molecule has 0 aliphatic carbocycles. The molecule has 1 unspecified atom stereocenters. The van der Waals surface area contributed by atoms with Gasteiger partial charge in [-0.3, -0.25) is 9.59 Å². The van der Waals surface area contributed by atoms with Crippen molar-refractivity contribution in [2.45, 2.75) is 0 Å². The van der Waals surface area contributed by atoms with Crippen LogP contribution in [0, 0.1) is 17.2 Å². The van der Waals surface area contributed by atoms with Crippen molar-refractivity contribution in [2.24, 2.45) is 5.92 Å². The SMILES string of the molecule is N#CC(C(=O)Nc1ccccc1)C(=O)c1ccc(Br)cc1. The first kappa shape index (κ1) is 14.9. The Labute approximate surface area is 130 Å². The van der Waals surface area contributed by atoms with E-state index in [2.05, 4.69) is 21.2 Å². The van der Waals surface area contributed by atoms with E-state index in [9.17, 15) is 9.59 Å². The Kier molecular flexibility index (Phi) is 4.85. The summed E-state index contributed by atoms with van der Waals surface area (Å²) in [7, 11) is 0. The van der Waals surface area contributed by atoms with E-state index in [4.69, 9.17) is 5.26 Å². The van der Waals surface area contributed by atoms with Crippen molar-refractivity contribution >= 4 is 33.3 Å². The second kappa shape index (κ2) is 6.82. The van der Waals surface area contributed by atoms with Gasteiger partial charge < -0.3 is 5.32 Å². The number of para-hydroxylation sites is 1. The van der Waals surface area contributed by atoms with Crippen molar-refractivity contribution in [1.29, 1.82) is 5.26 Å². The zero-order valence-corrected chi connectivity index (χ0v) is 12.5. The summed E-state index contributed by atoms with van der Waals surface area (Å²) >= 11 is 3.27. The summed E-state index contributed by atoms with van der Waals surface area (Å²) in [6.07, 6.45) is 0. The lowest BCUT2D eigenvalue weighted by atomic mass is 9.98. The van der Waals surface area contributed by atoms with Gasteiger partial charge in [0.1, 0.15) is 0 Å². The third-order valence-electron chi connectivity index (χ3n) is 2.82. The Hall–Kier alpha value is -2.45. The lowest BCUT2D eigenvalue weighted by Crippen LogP contribution is -2.28. The number of nitriles is 1. The highest BCUT2D eigenvalue weighted by Gasteiger charge is 2.27. The summed E-state index contributed by atoms with van der Waals surface area (Å²) in [6, 6.07) is 17.0. The summed E-state index contributed by atoms with van der Waals surface area (Å²) in [5.41, 5.74) is 0.874. The van der Waals surface area contributed by atoms with Crippen LogP contribution in [0.1, 0.15) is 10.4 Å². The van der Waals surface area contributed by atoms with Crippen molar-refractivity contribution < 1.29 is 9.59 Å². The fourth-order valence-corrected chi connectivity index (χ4v) is 2.02. The molecule has 0 aliphatic heterocycles. The van der Waals surface area contributed by atoms with Crippen LogP contribution in [0.25, 0.3) is 0 Å². The van der Waals surface area contributed by atoms with Crippen molar-refractivity contribution in [2.75, 3.05) is 5.32 Å². The quantitative estimate of drug-likeness (QED) is 0.683. The minimum Gasteiger partial charge on any atom is -0.325 e. The predicted octanol–water partition coefficient (Wildman–Crippen LogP) is 3.41. The summed E-state index contributed by atoms with van der Waals surface area (Å²) in [4.78, 5) is 24.3. The number of anilines is 1. The van der Waals surface area contributed by atoms with Gasteiger partial charge in [-0.15, -0.1) is 0 Å². The van der Waals surface area contributed by atoms with Crippen LogP contribution in [0.4, 0.5) is 5.69 Å². The van der Waals surface area contributed by atoms with Crippen molar-refractivity contribution in [3.05, 3.63) is 64.6 Å². The third kappa shape index (κ3) is 3.77. The standard InChI is InChI=1S/C16H11BrN2O2/c17-12-8-6-11(7-9-12)15(20)14(10-18)16(21)19-13-4-2-1-3-5-13/h1-9,14H,(H,19,21). The number of hydrogen-bond acceptors (Lipinski definition) is 3. The van der Waals surface area contributed by atoms with E-state index >= 15 is 0 Å². The number of nitrogens with zero attached hydrogens (tertiary/aromatic N) is 1. The zero-order valence-electron chi connectivity index (χ0n) is 10.9. The molecule has 1 amide bonds. The number of amides is 1. The average Bonchev–Trinajstić information content (AvgIpc) is 2.49. The van der Waals surface area contributed by atoms with Gasteiger partial charge in [-0.1, -0.05) is 46.3 Å². The molecule has 0 aliphatic rings. The molecule has 4 nitrogen and oxygen atoms in total. The third-order valence-corrected chi connectivity index (χ3v) is 3.35. The highest BCUT2D eigenvalue weighted by molar-refractivity contribution is 9.10. The van der Waals surface area contributed by atoms with Crippen molar-refractivity contribution in [3.8, 4) is 6.07 Å². The van der Waals surface area contributed by atoms with Gasteiger partial charge in [-0.25, -0.2) is 0 Å². The van der Waals surface area contributed by atoms with Gasteiger partial charge in [0.05, 0.1) is 6.07 Å². The number of hydrogen-bond donors (Lipinski definition) is 1. The van der Waals surface area contributed by atoms with Gasteiger partial charge in [-0.2, -0.15) is 5.26 Å². The largest absolute Gasteiger partial charge is 0.325 e. The van der Waals surface area contributed by atoms with E-state index in [1.165, 1.54) is 0 Å². The van der Waals surface area contributed by atoms with Crippen LogP contribution >= 0.6 is 15.9 Å². The van der Waals surface area contributed by atoms with Crippen LogP contribution in [-0.2, 0) is 4.79 Å². The fourth-order valence-electron chi connectivity index (χ4n) is 1.75. The molecule has 0 fully saturated rings. The monoisotopic (exact) mass is 342 g/mol. The lowest BCUT2D eigenvalue weighted by molar-refractivity contribution is -0.117.